The number of sulfonamides is 1. The third kappa shape index (κ3) is 9.35. The van der Waals surface area contributed by atoms with Gasteiger partial charge in [0, 0.05) is 12.0 Å². The van der Waals surface area contributed by atoms with Gasteiger partial charge in [-0.2, -0.15) is 13.9 Å². The molecule has 0 saturated heterocycles. The molecular formula is C30H31F3N6O7S. The highest BCUT2D eigenvalue weighted by Crippen LogP contribution is 2.37. The second-order valence-corrected chi connectivity index (χ2v) is 11.8. The number of carbonyl (C=O) groups excluding carboxylic acids is 1. The van der Waals surface area contributed by atoms with E-state index in [1.807, 2.05) is 0 Å². The van der Waals surface area contributed by atoms with E-state index < -0.39 is 39.6 Å². The number of alkyl halides is 2. The van der Waals surface area contributed by atoms with Gasteiger partial charge in [0.15, 0.2) is 5.82 Å². The minimum atomic E-state index is -5.08. The number of hydrogen-bond donors (Lipinski definition) is 5. The minimum Gasteiger partial charge on any atom is -0.492 e. The van der Waals surface area contributed by atoms with Gasteiger partial charge in [-0.15, -0.1) is 0 Å². The fourth-order valence-electron chi connectivity index (χ4n) is 4.34. The van der Waals surface area contributed by atoms with Crippen LogP contribution in [0.25, 0.3) is 11.3 Å². The lowest BCUT2D eigenvalue weighted by Gasteiger charge is -2.19. The van der Waals surface area contributed by atoms with Crippen molar-refractivity contribution in [2.75, 3.05) is 16.6 Å². The summed E-state index contributed by atoms with van der Waals surface area (Å²) in [6.45, 7) is 1.96. The molecule has 0 spiro atoms. The summed E-state index contributed by atoms with van der Waals surface area (Å²) in [4.78, 5) is 27.4. The number of rotatable bonds is 17. The Kier molecular flexibility index (Phi) is 11.3. The number of carboxylic acids is 1. The number of unbranched alkanes of at least 4 members (excludes halogenated alkanes) is 2. The number of aliphatic carboxylic acids is 1. The fraction of sp³-hybridized carbons (Fsp3) is 0.267. The number of aromatic nitrogens is 3. The predicted molar refractivity (Wildman–Crippen MR) is 166 cm³/mol. The third-order valence-electron chi connectivity index (χ3n) is 6.70. The van der Waals surface area contributed by atoms with Gasteiger partial charge >= 0.3 is 11.7 Å². The summed E-state index contributed by atoms with van der Waals surface area (Å²) in [5.74, 6) is -5.36. The third-order valence-corrected chi connectivity index (χ3v) is 7.67. The minimum absolute atomic E-state index is 0.0109. The van der Waals surface area contributed by atoms with Crippen molar-refractivity contribution < 1.29 is 45.8 Å². The van der Waals surface area contributed by atoms with Crippen molar-refractivity contribution in [3.8, 4) is 22.8 Å². The molecule has 1 unspecified atom stereocenters. The Morgan fingerprint density at radius 1 is 1.06 bits per heavy atom. The monoisotopic (exact) mass is 676 g/mol. The van der Waals surface area contributed by atoms with Gasteiger partial charge in [0.1, 0.15) is 34.8 Å². The molecule has 0 radical (unpaired) electrons. The van der Waals surface area contributed by atoms with Crippen molar-refractivity contribution in [2.24, 2.45) is 5.73 Å². The molecule has 6 N–H and O–H groups in total. The molecule has 0 fully saturated rings. The highest BCUT2D eigenvalue weighted by atomic mass is 32.2. The number of primary amides is 1. The van der Waals surface area contributed by atoms with Crippen LogP contribution < -0.4 is 25.2 Å². The van der Waals surface area contributed by atoms with Crippen molar-refractivity contribution >= 4 is 39.2 Å². The zero-order chi connectivity index (χ0) is 34.1. The molecule has 17 heteroatoms. The number of anilines is 3. The predicted octanol–water partition coefficient (Wildman–Crippen LogP) is 5.58. The topological polar surface area (TPSA) is 199 Å². The van der Waals surface area contributed by atoms with Crippen LogP contribution in [0.4, 0.5) is 30.5 Å². The van der Waals surface area contributed by atoms with Crippen LogP contribution in [0.3, 0.4) is 0 Å². The number of pyridine rings is 1. The number of nitrogens with one attached hydrogen (secondary N) is 3. The second-order valence-electron chi connectivity index (χ2n) is 10.2. The largest absolute Gasteiger partial charge is 0.492 e. The van der Waals surface area contributed by atoms with Gasteiger partial charge in [-0.05, 0) is 68.1 Å². The van der Waals surface area contributed by atoms with E-state index in [0.717, 1.165) is 0 Å². The molecule has 2 aromatic heterocycles. The first-order valence-corrected chi connectivity index (χ1v) is 15.7. The molecule has 2 aromatic carbocycles. The van der Waals surface area contributed by atoms with Crippen LogP contribution >= 0.6 is 0 Å². The average Bonchev–Trinajstić information content (AvgIpc) is 3.44. The van der Waals surface area contributed by atoms with Gasteiger partial charge in [0.2, 0.25) is 0 Å². The number of benzene rings is 2. The summed E-state index contributed by atoms with van der Waals surface area (Å²) in [7, 11) is -5.08. The summed E-state index contributed by atoms with van der Waals surface area (Å²) in [6, 6.07) is 12.3. The molecule has 0 aliphatic heterocycles. The first kappa shape index (κ1) is 34.6. The standard InChI is InChI=1S/C30H31F3N6O7S/c1-17(18-6-9-20(31)10-7-18)46-23-15-19(8-12-22(23)39-47(43,44)30(32)33)27-26(28(34)42)29(38-37-27)36-24-13-11-21(16-35-24)45-14-4-2-3-5-25(40)41/h6-13,15-17,30,39H,2-5,14H2,1H3,(H2,34,42)(H,40,41)(H2,35,36,37,38). The maximum Gasteiger partial charge on any atom is 0.355 e. The van der Waals surface area contributed by atoms with E-state index in [1.54, 1.807) is 23.8 Å². The van der Waals surface area contributed by atoms with Crippen molar-refractivity contribution in [1.29, 1.82) is 0 Å². The maximum atomic E-state index is 13.4. The molecule has 4 aromatic rings. The van der Waals surface area contributed by atoms with Crippen molar-refractivity contribution in [1.82, 2.24) is 15.2 Å². The number of nitrogens with two attached hydrogens (primary N) is 1. The zero-order valence-electron chi connectivity index (χ0n) is 24.9. The number of amides is 1. The Morgan fingerprint density at radius 3 is 2.45 bits per heavy atom. The smallest absolute Gasteiger partial charge is 0.355 e. The summed E-state index contributed by atoms with van der Waals surface area (Å²) in [5.41, 5.74) is 6.13. The summed E-state index contributed by atoms with van der Waals surface area (Å²) >= 11 is 0. The molecule has 1 atom stereocenters. The van der Waals surface area contributed by atoms with Gasteiger partial charge < -0.3 is 25.6 Å². The summed E-state index contributed by atoms with van der Waals surface area (Å²) in [6.07, 6.45) is 2.68. The number of carboxylic acid groups (broad SMARTS) is 1. The number of hydrogen-bond acceptors (Lipinski definition) is 9. The molecule has 1 amide bonds. The molecule has 250 valence electrons. The average molecular weight is 677 g/mol. The normalized spacial score (nSPS) is 12.0. The van der Waals surface area contributed by atoms with Crippen LogP contribution in [0.5, 0.6) is 11.5 Å². The van der Waals surface area contributed by atoms with Crippen LogP contribution in [0, 0.1) is 5.82 Å². The van der Waals surface area contributed by atoms with Gasteiger partial charge in [0.25, 0.3) is 15.9 Å². The second kappa shape index (κ2) is 15.3. The van der Waals surface area contributed by atoms with Gasteiger partial charge in [-0.3, -0.25) is 19.4 Å². The van der Waals surface area contributed by atoms with E-state index in [1.165, 1.54) is 48.7 Å². The lowest BCUT2D eigenvalue weighted by atomic mass is 10.1. The van der Waals surface area contributed by atoms with Crippen molar-refractivity contribution in [3.63, 3.8) is 0 Å². The lowest BCUT2D eigenvalue weighted by Crippen LogP contribution is -2.21. The Hall–Kier alpha value is -5.32. The highest BCUT2D eigenvalue weighted by molar-refractivity contribution is 7.93. The number of aromatic amines is 1. The maximum absolute atomic E-state index is 13.4. The highest BCUT2D eigenvalue weighted by Gasteiger charge is 2.27. The van der Waals surface area contributed by atoms with Crippen LogP contribution in [0.2, 0.25) is 0 Å². The molecule has 0 saturated carbocycles. The first-order valence-electron chi connectivity index (χ1n) is 14.2. The lowest BCUT2D eigenvalue weighted by molar-refractivity contribution is -0.137. The SMILES string of the molecule is CC(Oc1cc(-c2[nH]nc(Nc3ccc(OCCCCCC(=O)O)cn3)c2C(N)=O)ccc1NS(=O)(=O)C(F)F)c1ccc(F)cc1. The van der Waals surface area contributed by atoms with E-state index >= 15 is 0 Å². The molecule has 13 nitrogen and oxygen atoms in total. The zero-order valence-corrected chi connectivity index (χ0v) is 25.7. The Bertz CT molecular complexity index is 1800. The number of halogens is 3. The van der Waals surface area contributed by atoms with Crippen LogP contribution in [-0.2, 0) is 14.8 Å². The van der Waals surface area contributed by atoms with E-state index in [-0.39, 0.29) is 46.3 Å². The van der Waals surface area contributed by atoms with Gasteiger partial charge in [0.05, 0.1) is 24.2 Å². The number of nitrogens with zero attached hydrogens (tertiary/aromatic N) is 2. The van der Waals surface area contributed by atoms with E-state index in [4.69, 9.17) is 20.3 Å². The molecule has 0 aliphatic rings. The molecule has 47 heavy (non-hydrogen) atoms. The summed E-state index contributed by atoms with van der Waals surface area (Å²) < 4.78 is 77.1. The number of carbonyl (C=O) groups is 2. The Morgan fingerprint density at radius 2 is 1.81 bits per heavy atom. The van der Waals surface area contributed by atoms with Crippen LogP contribution in [-0.4, -0.2) is 52.9 Å². The fourth-order valence-corrected chi connectivity index (χ4v) is 4.90. The molecule has 4 rings (SSSR count). The molecule has 2 heterocycles. The Balaban J connectivity index is 1.56. The molecule has 0 aliphatic carbocycles. The van der Waals surface area contributed by atoms with E-state index in [9.17, 15) is 31.2 Å². The van der Waals surface area contributed by atoms with Crippen LogP contribution in [0.15, 0.2) is 60.8 Å². The van der Waals surface area contributed by atoms with Gasteiger partial charge in [-0.25, -0.2) is 17.8 Å². The van der Waals surface area contributed by atoms with Crippen molar-refractivity contribution in [2.45, 2.75) is 44.5 Å². The van der Waals surface area contributed by atoms with Crippen LogP contribution in [0.1, 0.15) is 54.6 Å². The summed E-state index contributed by atoms with van der Waals surface area (Å²) in [5, 5.41) is 18.4. The molecule has 0 bridgehead atoms. The van der Waals surface area contributed by atoms with Gasteiger partial charge in [-0.1, -0.05) is 18.2 Å². The number of H-pyrrole nitrogens is 1. The van der Waals surface area contributed by atoms with Crippen molar-refractivity contribution in [3.05, 3.63) is 77.7 Å². The quantitative estimate of drug-likeness (QED) is 0.0880. The van der Waals surface area contributed by atoms with E-state index in [0.29, 0.717) is 37.2 Å². The van der Waals surface area contributed by atoms with E-state index in [2.05, 4.69) is 20.5 Å². The number of ether oxygens (including phenoxy) is 2. The Labute approximate surface area is 267 Å². The molecular weight excluding hydrogens is 645 g/mol. The first-order chi connectivity index (χ1) is 22.3.